The minimum Gasteiger partial charge on any atom is -0.362 e. The Morgan fingerprint density at radius 3 is 2.89 bits per heavy atom. The highest BCUT2D eigenvalue weighted by molar-refractivity contribution is 5.37. The molecule has 0 amide bonds. The Morgan fingerprint density at radius 1 is 1.50 bits per heavy atom. The van der Waals surface area contributed by atoms with Crippen molar-refractivity contribution in [3.63, 3.8) is 0 Å². The van der Waals surface area contributed by atoms with Gasteiger partial charge in [-0.15, -0.1) is 0 Å². The quantitative estimate of drug-likeness (QED) is 0.845. The highest BCUT2D eigenvalue weighted by Crippen LogP contribution is 2.35. The van der Waals surface area contributed by atoms with Gasteiger partial charge in [-0.25, -0.2) is 9.97 Å². The van der Waals surface area contributed by atoms with E-state index in [9.17, 15) is 0 Å². The average Bonchev–Trinajstić information content (AvgIpc) is 2.42. The Balaban J connectivity index is 2.16. The molecule has 2 atom stereocenters. The standard InChI is InChI=1S/C13H19N5/c1-10-4-2-3-5-13(10,9-15)18-12-8-16-11(6-14)7-17-12/h7-8,10H,2-5,9,15H2,1H3,(H,17,18). The fraction of sp³-hybridized carbons (Fsp3) is 0.615. The van der Waals surface area contributed by atoms with E-state index in [0.717, 1.165) is 6.42 Å². The zero-order valence-electron chi connectivity index (χ0n) is 10.7. The molecule has 2 rings (SSSR count). The largest absolute Gasteiger partial charge is 0.362 e. The fourth-order valence-electron chi connectivity index (χ4n) is 2.66. The van der Waals surface area contributed by atoms with Gasteiger partial charge in [-0.2, -0.15) is 5.26 Å². The van der Waals surface area contributed by atoms with Crippen LogP contribution in [0.2, 0.25) is 0 Å². The molecule has 0 bridgehead atoms. The van der Waals surface area contributed by atoms with Crippen LogP contribution in [0.5, 0.6) is 0 Å². The second-order valence-corrected chi connectivity index (χ2v) is 5.03. The lowest BCUT2D eigenvalue weighted by molar-refractivity contribution is 0.235. The van der Waals surface area contributed by atoms with E-state index in [1.54, 1.807) is 6.20 Å². The highest BCUT2D eigenvalue weighted by atomic mass is 15.1. The molecule has 5 nitrogen and oxygen atoms in total. The van der Waals surface area contributed by atoms with Crippen LogP contribution in [0.1, 0.15) is 38.3 Å². The van der Waals surface area contributed by atoms with Crippen LogP contribution in [0.3, 0.4) is 0 Å². The van der Waals surface area contributed by atoms with E-state index < -0.39 is 0 Å². The van der Waals surface area contributed by atoms with Crippen molar-refractivity contribution in [2.75, 3.05) is 11.9 Å². The molecular formula is C13H19N5. The first kappa shape index (κ1) is 12.8. The Bertz CT molecular complexity index is 436. The van der Waals surface area contributed by atoms with Crippen molar-refractivity contribution in [2.24, 2.45) is 11.7 Å². The summed E-state index contributed by atoms with van der Waals surface area (Å²) in [6, 6.07) is 1.96. The van der Waals surface area contributed by atoms with Gasteiger partial charge in [0.05, 0.1) is 17.9 Å². The molecular weight excluding hydrogens is 226 g/mol. The van der Waals surface area contributed by atoms with Crippen LogP contribution in [0, 0.1) is 17.2 Å². The van der Waals surface area contributed by atoms with Gasteiger partial charge in [0.1, 0.15) is 11.9 Å². The monoisotopic (exact) mass is 245 g/mol. The molecule has 1 aromatic heterocycles. The van der Waals surface area contributed by atoms with Gasteiger partial charge >= 0.3 is 0 Å². The van der Waals surface area contributed by atoms with Crippen molar-refractivity contribution in [3.05, 3.63) is 18.1 Å². The van der Waals surface area contributed by atoms with Crippen molar-refractivity contribution >= 4 is 5.82 Å². The third-order valence-electron chi connectivity index (χ3n) is 3.96. The van der Waals surface area contributed by atoms with E-state index in [4.69, 9.17) is 11.0 Å². The number of anilines is 1. The molecule has 96 valence electrons. The summed E-state index contributed by atoms with van der Waals surface area (Å²) in [6.45, 7) is 2.83. The van der Waals surface area contributed by atoms with Gasteiger partial charge in [-0.3, -0.25) is 0 Å². The Morgan fingerprint density at radius 2 is 2.33 bits per heavy atom. The van der Waals surface area contributed by atoms with Crippen LogP contribution in [-0.2, 0) is 0 Å². The van der Waals surface area contributed by atoms with Gasteiger partial charge in [0.25, 0.3) is 0 Å². The molecule has 18 heavy (non-hydrogen) atoms. The van der Waals surface area contributed by atoms with Gasteiger partial charge in [-0.05, 0) is 18.8 Å². The van der Waals surface area contributed by atoms with E-state index >= 15 is 0 Å². The van der Waals surface area contributed by atoms with Crippen LogP contribution < -0.4 is 11.1 Å². The molecule has 5 heteroatoms. The molecule has 0 saturated heterocycles. The second kappa shape index (κ2) is 5.32. The maximum Gasteiger partial charge on any atom is 0.158 e. The van der Waals surface area contributed by atoms with Gasteiger partial charge in [0.15, 0.2) is 5.69 Å². The third-order valence-corrected chi connectivity index (χ3v) is 3.96. The normalized spacial score (nSPS) is 27.5. The lowest BCUT2D eigenvalue weighted by Crippen LogP contribution is -2.52. The number of nitrogens with two attached hydrogens (primary N) is 1. The van der Waals surface area contributed by atoms with Crippen molar-refractivity contribution in [3.8, 4) is 6.07 Å². The fourth-order valence-corrected chi connectivity index (χ4v) is 2.66. The number of nitriles is 1. The zero-order chi connectivity index (χ0) is 13.0. The SMILES string of the molecule is CC1CCCCC1(CN)Nc1cnc(C#N)cn1. The molecule has 0 spiro atoms. The Labute approximate surface area is 107 Å². The number of aromatic nitrogens is 2. The van der Waals surface area contributed by atoms with Gasteiger partial charge in [0.2, 0.25) is 0 Å². The van der Waals surface area contributed by atoms with Gasteiger partial charge < -0.3 is 11.1 Å². The molecule has 1 aliphatic rings. The summed E-state index contributed by atoms with van der Waals surface area (Å²) in [7, 11) is 0. The van der Waals surface area contributed by atoms with Crippen LogP contribution >= 0.6 is 0 Å². The minimum absolute atomic E-state index is 0.0823. The maximum atomic E-state index is 8.70. The Kier molecular flexibility index (Phi) is 3.78. The molecule has 0 aromatic carbocycles. The second-order valence-electron chi connectivity index (χ2n) is 5.03. The summed E-state index contributed by atoms with van der Waals surface area (Å²) in [4.78, 5) is 8.25. The number of rotatable bonds is 3. The molecule has 1 aliphatic carbocycles. The van der Waals surface area contributed by atoms with Crippen LogP contribution in [0.4, 0.5) is 5.82 Å². The summed E-state index contributed by atoms with van der Waals surface area (Å²) in [5.41, 5.74) is 6.22. The van der Waals surface area contributed by atoms with Crippen molar-refractivity contribution in [2.45, 2.75) is 38.1 Å². The zero-order valence-corrected chi connectivity index (χ0v) is 10.7. The number of hydrogen-bond acceptors (Lipinski definition) is 5. The van der Waals surface area contributed by atoms with Crippen molar-refractivity contribution in [1.29, 1.82) is 5.26 Å². The van der Waals surface area contributed by atoms with Crippen LogP contribution in [-0.4, -0.2) is 22.1 Å². The van der Waals surface area contributed by atoms with Crippen molar-refractivity contribution in [1.82, 2.24) is 9.97 Å². The first-order chi connectivity index (χ1) is 8.70. The summed E-state index contributed by atoms with van der Waals surface area (Å²) in [5.74, 6) is 1.22. The lowest BCUT2D eigenvalue weighted by atomic mass is 9.73. The summed E-state index contributed by atoms with van der Waals surface area (Å²) >= 11 is 0. The van der Waals surface area contributed by atoms with E-state index in [2.05, 4.69) is 22.2 Å². The van der Waals surface area contributed by atoms with E-state index in [-0.39, 0.29) is 5.54 Å². The molecule has 3 N–H and O–H groups in total. The molecule has 1 fully saturated rings. The Hall–Kier alpha value is -1.67. The lowest BCUT2D eigenvalue weighted by Gasteiger charge is -2.43. The molecule has 0 aliphatic heterocycles. The predicted octanol–water partition coefficient (Wildman–Crippen LogP) is 1.67. The first-order valence-electron chi connectivity index (χ1n) is 6.40. The summed E-state index contributed by atoms with van der Waals surface area (Å²) in [5, 5.41) is 12.1. The number of hydrogen-bond donors (Lipinski definition) is 2. The van der Waals surface area contributed by atoms with E-state index in [0.29, 0.717) is 24.0 Å². The van der Waals surface area contributed by atoms with E-state index in [1.165, 1.54) is 25.5 Å². The van der Waals surface area contributed by atoms with Crippen LogP contribution in [0.25, 0.3) is 0 Å². The van der Waals surface area contributed by atoms with E-state index in [1.807, 2.05) is 6.07 Å². The predicted molar refractivity (Wildman–Crippen MR) is 69.8 cm³/mol. The molecule has 1 aromatic rings. The first-order valence-corrected chi connectivity index (χ1v) is 6.40. The van der Waals surface area contributed by atoms with Crippen molar-refractivity contribution < 1.29 is 0 Å². The average molecular weight is 245 g/mol. The molecule has 2 unspecified atom stereocenters. The third kappa shape index (κ3) is 2.44. The number of nitrogens with one attached hydrogen (secondary N) is 1. The van der Waals surface area contributed by atoms with Gasteiger partial charge in [-0.1, -0.05) is 19.8 Å². The molecule has 0 radical (unpaired) electrons. The number of nitrogens with zero attached hydrogens (tertiary/aromatic N) is 3. The molecule has 1 saturated carbocycles. The smallest absolute Gasteiger partial charge is 0.158 e. The minimum atomic E-state index is -0.0823. The van der Waals surface area contributed by atoms with Crippen LogP contribution in [0.15, 0.2) is 12.4 Å². The topological polar surface area (TPSA) is 87.6 Å². The summed E-state index contributed by atoms with van der Waals surface area (Å²) < 4.78 is 0. The van der Waals surface area contributed by atoms with Gasteiger partial charge in [0, 0.05) is 6.54 Å². The highest BCUT2D eigenvalue weighted by Gasteiger charge is 2.37. The summed E-state index contributed by atoms with van der Waals surface area (Å²) in [6.07, 6.45) is 7.81. The maximum absolute atomic E-state index is 8.70. The molecule has 1 heterocycles.